The van der Waals surface area contributed by atoms with Crippen molar-refractivity contribution in [1.82, 2.24) is 0 Å². The predicted molar refractivity (Wildman–Crippen MR) is 77.0 cm³/mol. The summed E-state index contributed by atoms with van der Waals surface area (Å²) in [6, 6.07) is 6.11. The van der Waals surface area contributed by atoms with Gasteiger partial charge in [0.1, 0.15) is 6.61 Å². The van der Waals surface area contributed by atoms with Crippen LogP contribution in [0.3, 0.4) is 0 Å². The predicted octanol–water partition coefficient (Wildman–Crippen LogP) is 3.29. The first kappa shape index (κ1) is 15.4. The number of hydrogen-bond acceptors (Lipinski definition) is 3. The van der Waals surface area contributed by atoms with E-state index in [0.717, 1.165) is 17.5 Å². The quantitative estimate of drug-likeness (QED) is 0.430. The molecule has 3 nitrogen and oxygen atoms in total. The Hall–Kier alpha value is -1.61. The Morgan fingerprint density at radius 2 is 2.00 bits per heavy atom. The topological polar surface area (TPSA) is 35.5 Å². The van der Waals surface area contributed by atoms with E-state index in [9.17, 15) is 4.79 Å². The van der Waals surface area contributed by atoms with Crippen molar-refractivity contribution >= 4 is 12.0 Å². The third kappa shape index (κ3) is 6.20. The van der Waals surface area contributed by atoms with Gasteiger partial charge in [0.2, 0.25) is 0 Å². The van der Waals surface area contributed by atoms with E-state index in [4.69, 9.17) is 9.47 Å². The number of carbonyl (C=O) groups is 1. The molecule has 0 unspecified atom stereocenters. The number of carbonyl (C=O) groups excluding carboxylic acids is 1. The lowest BCUT2D eigenvalue weighted by molar-refractivity contribution is -0.139. The maximum absolute atomic E-state index is 11.5. The van der Waals surface area contributed by atoms with Gasteiger partial charge >= 0.3 is 5.97 Å². The minimum Gasteiger partial charge on any atom is -0.460 e. The number of rotatable bonds is 7. The highest BCUT2D eigenvalue weighted by Crippen LogP contribution is 2.12. The molecular weight excluding hydrogens is 240 g/mol. The van der Waals surface area contributed by atoms with Gasteiger partial charge < -0.3 is 9.47 Å². The van der Waals surface area contributed by atoms with Crippen LogP contribution in [0.2, 0.25) is 0 Å². The third-order valence-corrected chi connectivity index (χ3v) is 2.64. The molecule has 0 saturated heterocycles. The Kier molecular flexibility index (Phi) is 6.90. The first-order valence-electron chi connectivity index (χ1n) is 6.63. The molecule has 104 valence electrons. The molecule has 0 aliphatic rings. The third-order valence-electron chi connectivity index (χ3n) is 2.64. The van der Waals surface area contributed by atoms with E-state index in [1.165, 1.54) is 11.6 Å². The summed E-state index contributed by atoms with van der Waals surface area (Å²) in [6.45, 7) is 7.57. The molecule has 3 heteroatoms. The van der Waals surface area contributed by atoms with Gasteiger partial charge in [-0.05, 0) is 37.5 Å². The highest BCUT2D eigenvalue weighted by molar-refractivity contribution is 5.87. The van der Waals surface area contributed by atoms with E-state index in [1.54, 1.807) is 6.08 Å². The van der Waals surface area contributed by atoms with Crippen LogP contribution in [0.4, 0.5) is 0 Å². The van der Waals surface area contributed by atoms with Crippen LogP contribution in [0, 0.1) is 13.8 Å². The van der Waals surface area contributed by atoms with E-state index < -0.39 is 0 Å². The molecule has 0 aliphatic carbocycles. The van der Waals surface area contributed by atoms with Gasteiger partial charge in [0.15, 0.2) is 0 Å². The lowest BCUT2D eigenvalue weighted by Crippen LogP contribution is -2.08. The molecule has 0 aliphatic heterocycles. The first-order chi connectivity index (χ1) is 9.13. The number of aryl methyl sites for hydroxylation is 2. The van der Waals surface area contributed by atoms with Gasteiger partial charge in [-0.1, -0.05) is 30.7 Å². The summed E-state index contributed by atoms with van der Waals surface area (Å²) in [5, 5.41) is 0. The second-order valence-corrected chi connectivity index (χ2v) is 4.47. The highest BCUT2D eigenvalue weighted by atomic mass is 16.6. The summed E-state index contributed by atoms with van der Waals surface area (Å²) in [6.07, 6.45) is 4.21. The summed E-state index contributed by atoms with van der Waals surface area (Å²) >= 11 is 0. The molecule has 0 bridgehead atoms. The Morgan fingerprint density at radius 1 is 1.21 bits per heavy atom. The van der Waals surface area contributed by atoms with Crippen molar-refractivity contribution in [2.75, 3.05) is 19.8 Å². The lowest BCUT2D eigenvalue weighted by atomic mass is 10.1. The molecule has 0 fully saturated rings. The van der Waals surface area contributed by atoms with Crippen LogP contribution in [0.15, 0.2) is 24.3 Å². The molecule has 0 aromatic heterocycles. The van der Waals surface area contributed by atoms with Crippen LogP contribution in [-0.4, -0.2) is 25.8 Å². The average molecular weight is 262 g/mol. The number of hydrogen-bond donors (Lipinski definition) is 0. The molecule has 0 amide bonds. The molecule has 0 atom stereocenters. The average Bonchev–Trinajstić information content (AvgIpc) is 2.37. The van der Waals surface area contributed by atoms with Crippen LogP contribution in [0.5, 0.6) is 0 Å². The van der Waals surface area contributed by atoms with Crippen molar-refractivity contribution in [3.8, 4) is 0 Å². The minimum atomic E-state index is -0.333. The maximum atomic E-state index is 11.5. The van der Waals surface area contributed by atoms with E-state index in [2.05, 4.69) is 6.07 Å². The molecule has 0 spiro atoms. The Labute approximate surface area is 115 Å². The van der Waals surface area contributed by atoms with E-state index in [-0.39, 0.29) is 5.97 Å². The van der Waals surface area contributed by atoms with E-state index in [1.807, 2.05) is 32.9 Å². The van der Waals surface area contributed by atoms with E-state index >= 15 is 0 Å². The molecule has 1 rings (SSSR count). The zero-order valence-electron chi connectivity index (χ0n) is 11.9. The van der Waals surface area contributed by atoms with Gasteiger partial charge in [-0.3, -0.25) is 0 Å². The lowest BCUT2D eigenvalue weighted by Gasteiger charge is -2.03. The standard InChI is InChI=1S/C16H22O3/c1-4-9-18-10-11-19-16(17)8-7-15-6-5-13(2)12-14(15)3/h5-8,12H,4,9-11H2,1-3H3/b8-7+. The molecule has 1 aromatic carbocycles. The molecule has 0 radical (unpaired) electrons. The molecular formula is C16H22O3. The highest BCUT2D eigenvalue weighted by Gasteiger charge is 1.98. The van der Waals surface area contributed by atoms with E-state index in [0.29, 0.717) is 19.8 Å². The molecule has 0 N–H and O–H groups in total. The van der Waals surface area contributed by atoms with Crippen LogP contribution in [0.1, 0.15) is 30.0 Å². The van der Waals surface area contributed by atoms with Gasteiger partial charge in [-0.15, -0.1) is 0 Å². The fourth-order valence-corrected chi connectivity index (χ4v) is 1.67. The molecule has 0 saturated carbocycles. The van der Waals surface area contributed by atoms with Crippen LogP contribution < -0.4 is 0 Å². The summed E-state index contributed by atoms with van der Waals surface area (Å²) in [7, 11) is 0. The summed E-state index contributed by atoms with van der Waals surface area (Å²) in [4.78, 5) is 11.5. The number of esters is 1. The zero-order chi connectivity index (χ0) is 14.1. The summed E-state index contributed by atoms with van der Waals surface area (Å²) in [5.41, 5.74) is 3.39. The maximum Gasteiger partial charge on any atom is 0.330 e. The second kappa shape index (κ2) is 8.48. The first-order valence-corrected chi connectivity index (χ1v) is 6.63. The molecule has 19 heavy (non-hydrogen) atoms. The van der Waals surface area contributed by atoms with Crippen molar-refractivity contribution in [2.24, 2.45) is 0 Å². The van der Waals surface area contributed by atoms with Gasteiger partial charge in [0, 0.05) is 12.7 Å². The van der Waals surface area contributed by atoms with Gasteiger partial charge in [-0.25, -0.2) is 4.79 Å². The van der Waals surface area contributed by atoms with Crippen LogP contribution >= 0.6 is 0 Å². The fourth-order valence-electron chi connectivity index (χ4n) is 1.67. The van der Waals surface area contributed by atoms with Gasteiger partial charge in [0.25, 0.3) is 0 Å². The largest absolute Gasteiger partial charge is 0.460 e. The van der Waals surface area contributed by atoms with Crippen molar-refractivity contribution < 1.29 is 14.3 Å². The summed E-state index contributed by atoms with van der Waals surface area (Å²) < 4.78 is 10.3. The second-order valence-electron chi connectivity index (χ2n) is 4.47. The van der Waals surface area contributed by atoms with Crippen LogP contribution in [0.25, 0.3) is 6.08 Å². The number of ether oxygens (including phenoxy) is 2. The normalized spacial score (nSPS) is 10.9. The number of benzene rings is 1. The summed E-state index contributed by atoms with van der Waals surface area (Å²) in [5.74, 6) is -0.333. The van der Waals surface area contributed by atoms with Crippen molar-refractivity contribution in [2.45, 2.75) is 27.2 Å². The Morgan fingerprint density at radius 3 is 2.68 bits per heavy atom. The molecule has 1 aromatic rings. The Balaban J connectivity index is 2.37. The minimum absolute atomic E-state index is 0.302. The van der Waals surface area contributed by atoms with Crippen LogP contribution in [-0.2, 0) is 14.3 Å². The Bertz CT molecular complexity index is 436. The monoisotopic (exact) mass is 262 g/mol. The molecule has 0 heterocycles. The van der Waals surface area contributed by atoms with Crippen molar-refractivity contribution in [3.63, 3.8) is 0 Å². The van der Waals surface area contributed by atoms with Gasteiger partial charge in [0.05, 0.1) is 6.61 Å². The van der Waals surface area contributed by atoms with Gasteiger partial charge in [-0.2, -0.15) is 0 Å². The zero-order valence-corrected chi connectivity index (χ0v) is 11.9. The van der Waals surface area contributed by atoms with Crippen molar-refractivity contribution in [1.29, 1.82) is 0 Å². The fraction of sp³-hybridized carbons (Fsp3) is 0.438. The van der Waals surface area contributed by atoms with Crippen molar-refractivity contribution in [3.05, 3.63) is 41.0 Å². The SMILES string of the molecule is CCCOCCOC(=O)/C=C/c1ccc(C)cc1C. The smallest absolute Gasteiger partial charge is 0.330 e.